The van der Waals surface area contributed by atoms with E-state index < -0.39 is 6.03 Å². The molecule has 24 heavy (non-hydrogen) atoms. The van der Waals surface area contributed by atoms with Crippen LogP contribution in [0.4, 0.5) is 4.79 Å². The number of oxazole rings is 1. The highest BCUT2D eigenvalue weighted by Gasteiger charge is 2.31. The van der Waals surface area contributed by atoms with Gasteiger partial charge in [0.05, 0.1) is 6.04 Å². The summed E-state index contributed by atoms with van der Waals surface area (Å²) in [6, 6.07) is 6.84. The second-order valence-electron chi connectivity index (χ2n) is 6.10. The number of likely N-dealkylation sites (tertiary alicyclic amines) is 1. The fourth-order valence-electron chi connectivity index (χ4n) is 3.07. The number of carbonyl (C=O) groups is 2. The molecule has 3 amide bonds. The van der Waals surface area contributed by atoms with Crippen molar-refractivity contribution in [2.24, 2.45) is 0 Å². The molecule has 0 aliphatic carbocycles. The maximum atomic E-state index is 12.1. The number of nitrogens with zero attached hydrogens (tertiary/aromatic N) is 2. The molecule has 0 saturated carbocycles. The molecule has 2 unspecified atom stereocenters. The van der Waals surface area contributed by atoms with Gasteiger partial charge >= 0.3 is 6.03 Å². The number of hydrogen-bond acceptors (Lipinski definition) is 5. The lowest BCUT2D eigenvalue weighted by Crippen LogP contribution is -2.51. The van der Waals surface area contributed by atoms with Crippen molar-refractivity contribution in [1.29, 1.82) is 0 Å². The van der Waals surface area contributed by atoms with E-state index in [1.54, 1.807) is 0 Å². The summed E-state index contributed by atoms with van der Waals surface area (Å²) in [7, 11) is 1.48. The van der Waals surface area contributed by atoms with E-state index in [-0.39, 0.29) is 17.9 Å². The number of urea groups is 1. The van der Waals surface area contributed by atoms with Crippen LogP contribution >= 0.6 is 0 Å². The van der Waals surface area contributed by atoms with Crippen LogP contribution in [0.25, 0.3) is 11.1 Å². The topological polar surface area (TPSA) is 87.5 Å². The van der Waals surface area contributed by atoms with Crippen molar-refractivity contribution in [1.82, 2.24) is 20.5 Å². The van der Waals surface area contributed by atoms with Gasteiger partial charge in [0.2, 0.25) is 5.91 Å². The van der Waals surface area contributed by atoms with E-state index in [4.69, 9.17) is 4.42 Å². The first-order valence-corrected chi connectivity index (χ1v) is 8.20. The SMILES string of the molecule is CNC(=O)NC(=O)C(C)N1CCCC(c2nc3ccccc3o2)C1. The van der Waals surface area contributed by atoms with Gasteiger partial charge in [0.25, 0.3) is 0 Å². The number of benzene rings is 1. The molecule has 1 fully saturated rings. The third kappa shape index (κ3) is 3.41. The van der Waals surface area contributed by atoms with E-state index >= 15 is 0 Å². The van der Waals surface area contributed by atoms with E-state index in [0.29, 0.717) is 6.54 Å². The molecule has 1 saturated heterocycles. The van der Waals surface area contributed by atoms with Crippen molar-refractivity contribution in [3.8, 4) is 0 Å². The summed E-state index contributed by atoms with van der Waals surface area (Å²) in [5.41, 5.74) is 1.64. The van der Waals surface area contributed by atoms with Crippen LogP contribution in [0.3, 0.4) is 0 Å². The van der Waals surface area contributed by atoms with Crippen LogP contribution in [-0.2, 0) is 4.79 Å². The molecule has 2 N–H and O–H groups in total. The molecule has 2 heterocycles. The Morgan fingerprint density at radius 1 is 1.38 bits per heavy atom. The fourth-order valence-corrected chi connectivity index (χ4v) is 3.07. The smallest absolute Gasteiger partial charge is 0.321 e. The number of hydrogen-bond donors (Lipinski definition) is 2. The molecule has 1 aliphatic heterocycles. The zero-order chi connectivity index (χ0) is 17.1. The first kappa shape index (κ1) is 16.4. The molecular weight excluding hydrogens is 308 g/mol. The Balaban J connectivity index is 1.69. The number of imide groups is 1. The van der Waals surface area contributed by atoms with Crippen LogP contribution in [0, 0.1) is 0 Å². The van der Waals surface area contributed by atoms with Gasteiger partial charge in [-0.2, -0.15) is 0 Å². The van der Waals surface area contributed by atoms with Gasteiger partial charge in [-0.15, -0.1) is 0 Å². The van der Waals surface area contributed by atoms with E-state index in [1.807, 2.05) is 31.2 Å². The standard InChI is InChI=1S/C17H22N4O3/c1-11(15(22)20-17(23)18-2)21-9-5-6-12(10-21)16-19-13-7-3-4-8-14(13)24-16/h3-4,7-8,11-12H,5-6,9-10H2,1-2H3,(H2,18,20,22,23). The molecular formula is C17H22N4O3. The largest absolute Gasteiger partial charge is 0.440 e. The summed E-state index contributed by atoms with van der Waals surface area (Å²) in [6.45, 7) is 3.32. The van der Waals surface area contributed by atoms with E-state index in [9.17, 15) is 9.59 Å². The number of rotatable bonds is 3. The zero-order valence-corrected chi connectivity index (χ0v) is 13.9. The molecule has 7 nitrogen and oxygen atoms in total. The normalized spacial score (nSPS) is 19.8. The van der Waals surface area contributed by atoms with Crippen molar-refractivity contribution < 1.29 is 14.0 Å². The Bertz CT molecular complexity index is 709. The number of aromatic nitrogens is 1. The number of amides is 3. The summed E-state index contributed by atoms with van der Waals surface area (Å²) in [4.78, 5) is 30.1. The number of nitrogens with one attached hydrogen (secondary N) is 2. The van der Waals surface area contributed by atoms with Crippen LogP contribution in [0.15, 0.2) is 28.7 Å². The van der Waals surface area contributed by atoms with Crippen LogP contribution in [0.1, 0.15) is 31.6 Å². The van der Waals surface area contributed by atoms with Crippen molar-refractivity contribution >= 4 is 23.0 Å². The summed E-state index contributed by atoms with van der Waals surface area (Å²) in [5, 5.41) is 4.72. The van der Waals surface area contributed by atoms with Crippen LogP contribution in [-0.4, -0.2) is 48.0 Å². The van der Waals surface area contributed by atoms with Crippen molar-refractivity contribution in [2.45, 2.75) is 31.7 Å². The molecule has 1 aromatic carbocycles. The number of piperidine rings is 1. The lowest BCUT2D eigenvalue weighted by atomic mass is 9.96. The minimum atomic E-state index is -0.487. The van der Waals surface area contributed by atoms with Gasteiger partial charge < -0.3 is 9.73 Å². The van der Waals surface area contributed by atoms with Gasteiger partial charge in [-0.05, 0) is 38.4 Å². The van der Waals surface area contributed by atoms with Crippen molar-refractivity contribution in [2.75, 3.05) is 20.1 Å². The highest BCUT2D eigenvalue weighted by Crippen LogP contribution is 2.29. The molecule has 2 aromatic rings. The summed E-state index contributed by atoms with van der Waals surface area (Å²) in [6.07, 6.45) is 1.94. The Morgan fingerprint density at radius 2 is 2.17 bits per heavy atom. The molecule has 1 aromatic heterocycles. The van der Waals surface area contributed by atoms with Gasteiger partial charge in [-0.25, -0.2) is 9.78 Å². The average molecular weight is 330 g/mol. The maximum Gasteiger partial charge on any atom is 0.321 e. The van der Waals surface area contributed by atoms with E-state index in [0.717, 1.165) is 36.4 Å². The first-order chi connectivity index (χ1) is 11.6. The van der Waals surface area contributed by atoms with Gasteiger partial charge in [-0.3, -0.25) is 15.0 Å². The first-order valence-electron chi connectivity index (χ1n) is 8.20. The predicted molar refractivity (Wildman–Crippen MR) is 89.6 cm³/mol. The third-order valence-corrected chi connectivity index (χ3v) is 4.50. The van der Waals surface area contributed by atoms with Crippen LogP contribution < -0.4 is 10.6 Å². The molecule has 1 aliphatic rings. The zero-order valence-electron chi connectivity index (χ0n) is 13.9. The molecule has 128 valence electrons. The minimum absolute atomic E-state index is 0.154. The molecule has 3 rings (SSSR count). The summed E-state index contributed by atoms with van der Waals surface area (Å²) < 4.78 is 5.88. The molecule has 7 heteroatoms. The Labute approximate surface area is 140 Å². The maximum absolute atomic E-state index is 12.1. The average Bonchev–Trinajstić information content (AvgIpc) is 3.05. The second-order valence-corrected chi connectivity index (χ2v) is 6.10. The Hall–Kier alpha value is -2.41. The predicted octanol–water partition coefficient (Wildman–Crippen LogP) is 1.85. The monoisotopic (exact) mass is 330 g/mol. The van der Waals surface area contributed by atoms with Crippen LogP contribution in [0.2, 0.25) is 0 Å². The third-order valence-electron chi connectivity index (χ3n) is 4.50. The van der Waals surface area contributed by atoms with Crippen molar-refractivity contribution in [3.05, 3.63) is 30.2 Å². The Kier molecular flexibility index (Phi) is 4.80. The highest BCUT2D eigenvalue weighted by atomic mass is 16.3. The van der Waals surface area contributed by atoms with Gasteiger partial charge in [0.15, 0.2) is 11.5 Å². The number of carbonyl (C=O) groups excluding carboxylic acids is 2. The quantitative estimate of drug-likeness (QED) is 0.897. The van der Waals surface area contributed by atoms with Gasteiger partial charge in [0, 0.05) is 19.5 Å². The molecule has 0 spiro atoms. The molecule has 2 atom stereocenters. The highest BCUT2D eigenvalue weighted by molar-refractivity contribution is 5.96. The fraction of sp³-hybridized carbons (Fsp3) is 0.471. The van der Waals surface area contributed by atoms with Gasteiger partial charge in [-0.1, -0.05) is 12.1 Å². The number of para-hydroxylation sites is 2. The minimum Gasteiger partial charge on any atom is -0.440 e. The molecule has 0 bridgehead atoms. The van der Waals surface area contributed by atoms with Crippen molar-refractivity contribution in [3.63, 3.8) is 0 Å². The van der Waals surface area contributed by atoms with E-state index in [2.05, 4.69) is 20.5 Å². The number of fused-ring (bicyclic) bond motifs is 1. The summed E-state index contributed by atoms with van der Waals surface area (Å²) in [5.74, 6) is 0.578. The lowest BCUT2D eigenvalue weighted by Gasteiger charge is -2.34. The summed E-state index contributed by atoms with van der Waals surface area (Å²) >= 11 is 0. The second kappa shape index (κ2) is 7.00. The van der Waals surface area contributed by atoms with E-state index in [1.165, 1.54) is 7.05 Å². The molecule has 0 radical (unpaired) electrons. The van der Waals surface area contributed by atoms with Gasteiger partial charge in [0.1, 0.15) is 5.52 Å². The van der Waals surface area contributed by atoms with Crippen LogP contribution in [0.5, 0.6) is 0 Å². The Morgan fingerprint density at radius 3 is 2.92 bits per heavy atom. The lowest BCUT2D eigenvalue weighted by molar-refractivity contribution is -0.125.